The van der Waals surface area contributed by atoms with Gasteiger partial charge in [-0.25, -0.2) is 0 Å². The van der Waals surface area contributed by atoms with Gasteiger partial charge in [0.15, 0.2) is 0 Å². The third kappa shape index (κ3) is 4.48. The van der Waals surface area contributed by atoms with Gasteiger partial charge in [0.2, 0.25) is 0 Å². The Hall–Kier alpha value is -0.740. The molecule has 0 aliphatic heterocycles. The molecule has 0 aromatic carbocycles. The molecule has 4 heteroatoms. The molecule has 0 heterocycles. The van der Waals surface area contributed by atoms with Gasteiger partial charge in [-0.1, -0.05) is 0 Å². The fourth-order valence-electron chi connectivity index (χ4n) is 0.929. The zero-order chi connectivity index (χ0) is 11.0. The summed E-state index contributed by atoms with van der Waals surface area (Å²) in [6.45, 7) is 2.57. The summed E-state index contributed by atoms with van der Waals surface area (Å²) in [6.07, 6.45) is 4.85. The van der Waals surface area contributed by atoms with Crippen molar-refractivity contribution in [3.8, 4) is 0 Å². The first-order valence-electron chi connectivity index (χ1n) is 4.42. The molecule has 0 spiro atoms. The molecular weight excluding hydrogens is 196 g/mol. The number of carbonyl (C=O) groups excluding carboxylic acids is 1. The van der Waals surface area contributed by atoms with Crippen LogP contribution in [0.3, 0.4) is 0 Å². The van der Waals surface area contributed by atoms with Crippen molar-refractivity contribution in [1.29, 1.82) is 0 Å². The van der Waals surface area contributed by atoms with Crippen LogP contribution in [0.1, 0.15) is 6.92 Å². The number of carbonyl (C=O) groups is 1. The number of allylic oxidation sites excluding steroid dienone is 2. The van der Waals surface area contributed by atoms with Crippen LogP contribution in [0.25, 0.3) is 0 Å². The normalized spacial score (nSPS) is 13.6. The highest BCUT2D eigenvalue weighted by molar-refractivity contribution is 8.02. The van der Waals surface area contributed by atoms with Gasteiger partial charge in [0.25, 0.3) is 0 Å². The average Bonchev–Trinajstić information content (AvgIpc) is 2.22. The van der Waals surface area contributed by atoms with Gasteiger partial charge < -0.3 is 10.6 Å². The van der Waals surface area contributed by atoms with Gasteiger partial charge in [-0.3, -0.25) is 4.79 Å². The van der Waals surface area contributed by atoms with Gasteiger partial charge in [0, 0.05) is 29.8 Å². The first kappa shape index (κ1) is 13.3. The van der Waals surface area contributed by atoms with Crippen LogP contribution in [0.2, 0.25) is 0 Å². The summed E-state index contributed by atoms with van der Waals surface area (Å²) in [5.41, 5.74) is 1.83. The van der Waals surface area contributed by atoms with Gasteiger partial charge in [-0.2, -0.15) is 0 Å². The van der Waals surface area contributed by atoms with E-state index < -0.39 is 0 Å². The van der Waals surface area contributed by atoms with Gasteiger partial charge >= 0.3 is 0 Å². The first-order chi connectivity index (χ1) is 6.69. The van der Waals surface area contributed by atoms with Crippen LogP contribution in [-0.4, -0.2) is 33.2 Å². The Labute approximate surface area is 90.0 Å². The molecule has 0 aliphatic rings. The van der Waals surface area contributed by atoms with E-state index in [1.54, 1.807) is 11.8 Å². The number of aldehydes is 1. The van der Waals surface area contributed by atoms with Crippen molar-refractivity contribution >= 4 is 18.0 Å². The summed E-state index contributed by atoms with van der Waals surface area (Å²) in [6, 6.07) is 0. The highest BCUT2D eigenvalue weighted by atomic mass is 32.2. The fraction of sp³-hybridized carbons (Fsp3) is 0.500. The molecule has 0 aromatic heterocycles. The Morgan fingerprint density at radius 2 is 2.07 bits per heavy atom. The van der Waals surface area contributed by atoms with Crippen LogP contribution in [-0.2, 0) is 4.79 Å². The predicted molar refractivity (Wildman–Crippen MR) is 63.3 cm³/mol. The molecule has 0 unspecified atom stereocenters. The molecular formula is C10H18N2OS. The second kappa shape index (κ2) is 7.64. The van der Waals surface area contributed by atoms with Crippen LogP contribution in [0.5, 0.6) is 0 Å². The summed E-state index contributed by atoms with van der Waals surface area (Å²) in [7, 11) is 3.69. The minimum Gasteiger partial charge on any atom is -0.392 e. The molecule has 0 amide bonds. The monoisotopic (exact) mass is 214 g/mol. The number of thioether (sulfide) groups is 1. The Morgan fingerprint density at radius 1 is 1.43 bits per heavy atom. The Bertz CT molecular complexity index is 247. The summed E-state index contributed by atoms with van der Waals surface area (Å²) in [5, 5.41) is 6.00. The maximum atomic E-state index is 10.8. The van der Waals surface area contributed by atoms with E-state index in [0.29, 0.717) is 6.54 Å². The van der Waals surface area contributed by atoms with Crippen molar-refractivity contribution in [3.05, 3.63) is 22.3 Å². The smallest absolute Gasteiger partial charge is 0.148 e. The minimum atomic E-state index is 0.604. The largest absolute Gasteiger partial charge is 0.392 e. The minimum absolute atomic E-state index is 0.604. The molecule has 0 radical (unpaired) electrons. The van der Waals surface area contributed by atoms with E-state index in [1.807, 2.05) is 33.4 Å². The Kier molecular flexibility index (Phi) is 7.24. The van der Waals surface area contributed by atoms with Crippen molar-refractivity contribution in [3.63, 3.8) is 0 Å². The highest BCUT2D eigenvalue weighted by Gasteiger charge is 2.02. The average molecular weight is 214 g/mol. The zero-order valence-corrected chi connectivity index (χ0v) is 9.99. The Morgan fingerprint density at radius 3 is 2.43 bits per heavy atom. The van der Waals surface area contributed by atoms with Crippen LogP contribution in [0.15, 0.2) is 22.3 Å². The number of nitrogens with one attached hydrogen (secondary N) is 2. The lowest BCUT2D eigenvalue weighted by Crippen LogP contribution is -2.12. The topological polar surface area (TPSA) is 41.1 Å². The van der Waals surface area contributed by atoms with Gasteiger partial charge in [0.1, 0.15) is 6.29 Å². The Balaban J connectivity index is 4.87. The maximum absolute atomic E-state index is 10.8. The molecule has 2 N–H and O–H groups in total. The van der Waals surface area contributed by atoms with E-state index in [9.17, 15) is 4.79 Å². The van der Waals surface area contributed by atoms with E-state index in [-0.39, 0.29) is 0 Å². The second-order valence-corrected chi connectivity index (χ2v) is 3.67. The van der Waals surface area contributed by atoms with Crippen molar-refractivity contribution in [2.45, 2.75) is 6.92 Å². The van der Waals surface area contributed by atoms with Gasteiger partial charge in [-0.15, -0.1) is 11.8 Å². The molecule has 0 atom stereocenters. The lowest BCUT2D eigenvalue weighted by atomic mass is 10.2. The summed E-state index contributed by atoms with van der Waals surface area (Å²) in [5.74, 6) is 0. The highest BCUT2D eigenvalue weighted by Crippen LogP contribution is 2.18. The second-order valence-electron chi connectivity index (χ2n) is 2.82. The predicted octanol–water partition coefficient (Wildman–Crippen LogP) is 1.15. The van der Waals surface area contributed by atoms with Gasteiger partial charge in [-0.05, 0) is 26.3 Å². The number of likely N-dealkylation sites (N-methyl/N-ethyl adjacent to an activating group) is 1. The van der Waals surface area contributed by atoms with Crippen LogP contribution >= 0.6 is 11.8 Å². The SMILES string of the molecule is CNC/C(C=O)=C(/C=C(/C)NC)SC. The maximum Gasteiger partial charge on any atom is 0.148 e. The lowest BCUT2D eigenvalue weighted by Gasteiger charge is -2.06. The van der Waals surface area contributed by atoms with E-state index in [4.69, 9.17) is 0 Å². The van der Waals surface area contributed by atoms with Crippen LogP contribution < -0.4 is 10.6 Å². The molecule has 80 valence electrons. The summed E-state index contributed by atoms with van der Waals surface area (Å²) in [4.78, 5) is 11.8. The molecule has 14 heavy (non-hydrogen) atoms. The van der Waals surface area contributed by atoms with Crippen molar-refractivity contribution in [2.75, 3.05) is 26.9 Å². The van der Waals surface area contributed by atoms with Crippen LogP contribution in [0.4, 0.5) is 0 Å². The van der Waals surface area contributed by atoms with Crippen molar-refractivity contribution in [1.82, 2.24) is 10.6 Å². The molecule has 3 nitrogen and oxygen atoms in total. The van der Waals surface area contributed by atoms with Gasteiger partial charge in [0.05, 0.1) is 0 Å². The summed E-state index contributed by atoms with van der Waals surface area (Å²) >= 11 is 1.58. The zero-order valence-electron chi connectivity index (χ0n) is 9.18. The van der Waals surface area contributed by atoms with Crippen LogP contribution in [0, 0.1) is 0 Å². The third-order valence-corrected chi connectivity index (χ3v) is 2.61. The van der Waals surface area contributed by atoms with E-state index in [0.717, 1.165) is 22.5 Å². The molecule has 0 rings (SSSR count). The summed E-state index contributed by atoms with van der Waals surface area (Å²) < 4.78 is 0. The first-order valence-corrected chi connectivity index (χ1v) is 5.65. The van der Waals surface area contributed by atoms with E-state index in [1.165, 1.54) is 0 Å². The number of hydrogen-bond donors (Lipinski definition) is 2. The standard InChI is InChI=1S/C10H18N2OS/c1-8(12-3)5-10(14-4)9(7-13)6-11-2/h5,7,11-12H,6H2,1-4H3/b8-5-,10-9+. The van der Waals surface area contributed by atoms with E-state index >= 15 is 0 Å². The molecule has 0 aromatic rings. The molecule has 0 saturated heterocycles. The molecule has 0 bridgehead atoms. The lowest BCUT2D eigenvalue weighted by molar-refractivity contribution is -0.105. The quantitative estimate of drug-likeness (QED) is 0.395. The molecule has 0 saturated carbocycles. The molecule has 0 fully saturated rings. The van der Waals surface area contributed by atoms with E-state index in [2.05, 4.69) is 10.6 Å². The third-order valence-electron chi connectivity index (χ3n) is 1.79. The van der Waals surface area contributed by atoms with Crippen molar-refractivity contribution in [2.24, 2.45) is 0 Å². The fourth-order valence-corrected chi connectivity index (χ4v) is 1.61. The number of hydrogen-bond acceptors (Lipinski definition) is 4. The van der Waals surface area contributed by atoms with Crippen molar-refractivity contribution < 1.29 is 4.79 Å². The number of rotatable bonds is 6. The molecule has 0 aliphatic carbocycles.